The summed E-state index contributed by atoms with van der Waals surface area (Å²) in [5.74, 6) is 0. The molecule has 0 unspecified atom stereocenters. The first-order chi connectivity index (χ1) is 1.73. The molecular formula is H4BiCoFeNO3. The Hall–Kier alpha value is 1.11. The summed E-state index contributed by atoms with van der Waals surface area (Å²) in [6, 6.07) is 0. The summed E-state index contributed by atoms with van der Waals surface area (Å²) in [4.78, 5) is 8.36. The first-order valence-electron chi connectivity index (χ1n) is 0.565. The van der Waals surface area contributed by atoms with Crippen LogP contribution in [0.4, 0.5) is 0 Å². The van der Waals surface area contributed by atoms with Crippen LogP contribution in [-0.4, -0.2) is 36.5 Å². The van der Waals surface area contributed by atoms with E-state index in [4.69, 9.17) is 15.3 Å². The van der Waals surface area contributed by atoms with Gasteiger partial charge < -0.3 is 5.21 Å². The van der Waals surface area contributed by atoms with Gasteiger partial charge in [-0.1, -0.05) is 0 Å². The summed E-state index contributed by atoms with van der Waals surface area (Å²) in [6.45, 7) is 0. The molecule has 0 amide bonds. The topological polar surface area (TPSA) is 63.4 Å². The molecule has 0 saturated heterocycles. The number of hydrogen-bond donors (Lipinski definition) is 1. The molecule has 7 heavy (non-hydrogen) atoms. The molecule has 0 aliphatic carbocycles. The number of nitrogens with zero attached hydrogens (tertiary/aromatic N) is 1. The van der Waals surface area contributed by atoms with Crippen molar-refractivity contribution in [3.8, 4) is 0 Å². The molecular weight excluding hydrogens is 386 g/mol. The molecule has 0 rings (SSSR count). The number of rotatable bonds is 0. The van der Waals surface area contributed by atoms with Crippen molar-refractivity contribution in [2.75, 3.05) is 0 Å². The van der Waals surface area contributed by atoms with Crippen molar-refractivity contribution in [1.29, 1.82) is 0 Å². The van der Waals surface area contributed by atoms with E-state index in [2.05, 4.69) is 0 Å². The molecule has 49 valence electrons. The van der Waals surface area contributed by atoms with Gasteiger partial charge in [-0.2, -0.15) is 0 Å². The minimum absolute atomic E-state index is 0. The maximum absolute atomic E-state index is 8.36. The van der Waals surface area contributed by atoms with E-state index >= 15 is 0 Å². The Morgan fingerprint density at radius 3 is 1.57 bits per heavy atom. The van der Waals surface area contributed by atoms with Crippen LogP contribution in [-0.2, 0) is 33.8 Å². The Morgan fingerprint density at radius 2 is 1.57 bits per heavy atom. The molecule has 0 aromatic heterocycles. The maximum Gasteiger partial charge on any atom is 0 e. The van der Waals surface area contributed by atoms with Gasteiger partial charge >= 0.3 is 26.2 Å². The largest absolute Gasteiger partial charge is 0 e. The minimum atomic E-state index is -1.50. The van der Waals surface area contributed by atoms with Crippen LogP contribution in [0, 0.1) is 10.1 Å². The second-order valence-electron chi connectivity index (χ2n) is 0.238. The molecule has 1 radical (unpaired) electrons. The molecule has 0 spiro atoms. The van der Waals surface area contributed by atoms with Gasteiger partial charge in [0, 0.05) is 33.8 Å². The van der Waals surface area contributed by atoms with E-state index in [0.717, 1.165) is 0 Å². The van der Waals surface area contributed by atoms with Crippen molar-refractivity contribution in [3.05, 3.63) is 10.1 Å². The normalized spacial score (nSPS) is 3.43. The SMILES string of the molecule is O=[N+]([O-])O.[BiH3].[Co].[Fe]. The molecule has 0 aliphatic rings. The van der Waals surface area contributed by atoms with Crippen LogP contribution in [0.2, 0.25) is 0 Å². The van der Waals surface area contributed by atoms with E-state index in [1.165, 1.54) is 0 Å². The molecule has 7 heteroatoms. The summed E-state index contributed by atoms with van der Waals surface area (Å²) in [7, 11) is 0. The van der Waals surface area contributed by atoms with Crippen molar-refractivity contribution in [1.82, 2.24) is 0 Å². The molecule has 0 fully saturated rings. The van der Waals surface area contributed by atoms with Gasteiger partial charge in [0.25, 0.3) is 5.09 Å². The van der Waals surface area contributed by atoms with Gasteiger partial charge in [-0.15, -0.1) is 10.1 Å². The zero-order valence-electron chi connectivity index (χ0n) is 3.10. The predicted molar refractivity (Wildman–Crippen MR) is 18.7 cm³/mol. The zero-order chi connectivity index (χ0) is 3.58. The molecule has 0 heterocycles. The molecule has 4 nitrogen and oxygen atoms in total. The van der Waals surface area contributed by atoms with E-state index < -0.39 is 5.09 Å². The van der Waals surface area contributed by atoms with E-state index in [1.807, 2.05) is 0 Å². The smallest absolute Gasteiger partial charge is 0 e. The van der Waals surface area contributed by atoms with Crippen LogP contribution in [0.1, 0.15) is 0 Å². The van der Waals surface area contributed by atoms with Gasteiger partial charge in [0.15, 0.2) is 0 Å². The first kappa shape index (κ1) is 24.3. The van der Waals surface area contributed by atoms with Gasteiger partial charge in [0.2, 0.25) is 0 Å². The van der Waals surface area contributed by atoms with Crippen LogP contribution >= 0.6 is 0 Å². The fourth-order valence-electron chi connectivity index (χ4n) is 0. The number of hydrogen-bond acceptors (Lipinski definition) is 2. The average molecular weight is 390 g/mol. The van der Waals surface area contributed by atoms with E-state index in [9.17, 15) is 0 Å². The second kappa shape index (κ2) is 15.7. The molecule has 0 atom stereocenters. The quantitative estimate of drug-likeness (QED) is 0.310. The molecule has 0 bridgehead atoms. The monoisotopic (exact) mass is 390 g/mol. The fraction of sp³-hybridized carbons (Fsp3) is 0. The van der Waals surface area contributed by atoms with Gasteiger partial charge in [-0.05, 0) is 0 Å². The zero-order valence-corrected chi connectivity index (χ0v) is 10.7. The standard InChI is InChI=1S/Bi.Co.Fe.HNO3.3H/c;;;2-1(3)4;;;/h;;;(H,2,3,4);;;. The minimum Gasteiger partial charge on any atom is 0 e. The third-order valence-electron chi connectivity index (χ3n) is 0. The molecule has 0 aromatic carbocycles. The summed E-state index contributed by atoms with van der Waals surface area (Å²) in [5.41, 5.74) is 0. The Kier molecular flexibility index (Phi) is 54.5. The Bertz CT molecular complexity index is 37.9. The van der Waals surface area contributed by atoms with Crippen LogP contribution in [0.15, 0.2) is 0 Å². The summed E-state index contributed by atoms with van der Waals surface area (Å²) in [6.07, 6.45) is 0. The van der Waals surface area contributed by atoms with Gasteiger partial charge in [0.05, 0.1) is 0 Å². The van der Waals surface area contributed by atoms with E-state index in [0.29, 0.717) is 0 Å². The maximum atomic E-state index is 8.36. The second-order valence-corrected chi connectivity index (χ2v) is 0.238. The third kappa shape index (κ3) is 151. The van der Waals surface area contributed by atoms with Crippen LogP contribution < -0.4 is 0 Å². The fourth-order valence-corrected chi connectivity index (χ4v) is 0. The predicted octanol–water partition coefficient (Wildman–Crippen LogP) is -1.54. The summed E-state index contributed by atoms with van der Waals surface area (Å²) < 4.78 is 0. The Morgan fingerprint density at radius 1 is 1.57 bits per heavy atom. The average Bonchev–Trinajstić information content (AvgIpc) is 0.811. The van der Waals surface area contributed by atoms with Crippen molar-refractivity contribution in [2.45, 2.75) is 0 Å². The first-order valence-corrected chi connectivity index (χ1v) is 0.565. The van der Waals surface area contributed by atoms with Crippen molar-refractivity contribution < 1.29 is 44.1 Å². The van der Waals surface area contributed by atoms with Crippen LogP contribution in [0.3, 0.4) is 0 Å². The molecule has 0 aromatic rings. The van der Waals surface area contributed by atoms with Crippen molar-refractivity contribution in [3.63, 3.8) is 0 Å². The van der Waals surface area contributed by atoms with E-state index in [-0.39, 0.29) is 60.1 Å². The van der Waals surface area contributed by atoms with Gasteiger partial charge in [-0.25, -0.2) is 0 Å². The Labute approximate surface area is 79.9 Å². The Balaban J connectivity index is -0.0000000150. The van der Waals surface area contributed by atoms with Gasteiger partial charge in [-0.3, -0.25) is 0 Å². The van der Waals surface area contributed by atoms with E-state index in [1.54, 1.807) is 0 Å². The molecule has 0 aliphatic heterocycles. The summed E-state index contributed by atoms with van der Waals surface area (Å²) >= 11 is 0. The van der Waals surface area contributed by atoms with Crippen LogP contribution in [0.25, 0.3) is 0 Å². The third-order valence-corrected chi connectivity index (χ3v) is 0. The molecule has 0 saturated carbocycles. The van der Waals surface area contributed by atoms with Crippen LogP contribution in [0.5, 0.6) is 0 Å². The van der Waals surface area contributed by atoms with Crippen molar-refractivity contribution >= 4 is 26.2 Å². The van der Waals surface area contributed by atoms with Crippen molar-refractivity contribution in [2.24, 2.45) is 0 Å². The summed E-state index contributed by atoms with van der Waals surface area (Å²) in [5, 5.41) is 13.6. The molecule has 1 N–H and O–H groups in total. The van der Waals surface area contributed by atoms with Gasteiger partial charge in [0.1, 0.15) is 0 Å².